The molecule has 0 aliphatic carbocycles. The Balaban J connectivity index is 1.51. The van der Waals surface area contributed by atoms with Gasteiger partial charge in [-0.25, -0.2) is 9.37 Å². The number of halogens is 1. The Morgan fingerprint density at radius 1 is 1.09 bits per heavy atom. The first-order chi connectivity index (χ1) is 15.3. The number of aryl methyl sites for hydroxylation is 2. The van der Waals surface area contributed by atoms with Crippen LogP contribution in [-0.2, 0) is 23.2 Å². The van der Waals surface area contributed by atoms with Gasteiger partial charge in [0.1, 0.15) is 11.9 Å². The normalized spacial score (nSPS) is 18.2. The molecule has 2 aliphatic rings. The Morgan fingerprint density at radius 2 is 1.88 bits per heavy atom. The maximum atomic E-state index is 14.7. The number of nitrogens with one attached hydrogen (secondary N) is 1. The zero-order chi connectivity index (χ0) is 22.6. The summed E-state index contributed by atoms with van der Waals surface area (Å²) in [7, 11) is 1.81. The van der Waals surface area contributed by atoms with Crippen molar-refractivity contribution in [2.75, 3.05) is 0 Å². The maximum Gasteiger partial charge on any atom is 0.255 e. The van der Waals surface area contributed by atoms with Crippen LogP contribution in [0.25, 0.3) is 22.5 Å². The smallest absolute Gasteiger partial charge is 0.255 e. The van der Waals surface area contributed by atoms with Crippen LogP contribution in [0.15, 0.2) is 42.7 Å². The third-order valence-corrected chi connectivity index (χ3v) is 6.11. The predicted molar refractivity (Wildman–Crippen MR) is 115 cm³/mol. The van der Waals surface area contributed by atoms with Gasteiger partial charge in [-0.2, -0.15) is 0 Å². The Hall–Kier alpha value is -3.81. The largest absolute Gasteiger partial charge is 0.333 e. The minimum atomic E-state index is -0.664. The van der Waals surface area contributed by atoms with Crippen molar-refractivity contribution in [3.63, 3.8) is 0 Å². The van der Waals surface area contributed by atoms with E-state index < -0.39 is 11.9 Å². The lowest BCUT2D eigenvalue weighted by Crippen LogP contribution is -2.52. The number of carbonyl (C=O) groups excluding carboxylic acids is 3. The fourth-order valence-corrected chi connectivity index (χ4v) is 4.49. The van der Waals surface area contributed by atoms with Gasteiger partial charge in [0, 0.05) is 36.7 Å². The summed E-state index contributed by atoms with van der Waals surface area (Å²) in [6.45, 7) is 2.11. The fourth-order valence-electron chi connectivity index (χ4n) is 4.49. The standard InChI is InChI=1S/C24H21FN4O3/c1-13-3-5-17(18(25)9-13)22-21(26-12-28(22)2)14-4-6-16-15(10-14)11-29(24(16)32)19-7-8-20(30)27-23(19)31/h3-6,9-10,12,19H,7-8,11H2,1-2H3,(H,27,30,31). The second kappa shape index (κ2) is 7.40. The van der Waals surface area contributed by atoms with Gasteiger partial charge in [-0.3, -0.25) is 19.7 Å². The number of hydrogen-bond acceptors (Lipinski definition) is 4. The highest BCUT2D eigenvalue weighted by Crippen LogP contribution is 2.36. The highest BCUT2D eigenvalue weighted by Gasteiger charge is 2.39. The van der Waals surface area contributed by atoms with Crippen molar-refractivity contribution in [1.29, 1.82) is 0 Å². The number of piperidine rings is 1. The van der Waals surface area contributed by atoms with Gasteiger partial charge in [0.05, 0.1) is 17.7 Å². The number of imide groups is 1. The highest BCUT2D eigenvalue weighted by atomic mass is 19.1. The van der Waals surface area contributed by atoms with Crippen LogP contribution in [0.5, 0.6) is 0 Å². The molecule has 0 bridgehead atoms. The summed E-state index contributed by atoms with van der Waals surface area (Å²) in [5.74, 6) is -1.31. The van der Waals surface area contributed by atoms with Crippen molar-refractivity contribution in [1.82, 2.24) is 19.8 Å². The summed E-state index contributed by atoms with van der Waals surface area (Å²) in [5.41, 5.74) is 4.61. The maximum absolute atomic E-state index is 14.7. The number of nitrogens with zero attached hydrogens (tertiary/aromatic N) is 3. The lowest BCUT2D eigenvalue weighted by atomic mass is 10.00. The van der Waals surface area contributed by atoms with Gasteiger partial charge in [-0.05, 0) is 48.7 Å². The van der Waals surface area contributed by atoms with Gasteiger partial charge in [-0.1, -0.05) is 12.1 Å². The molecule has 0 spiro atoms. The molecule has 2 aromatic carbocycles. The van der Waals surface area contributed by atoms with Crippen LogP contribution in [0.3, 0.4) is 0 Å². The van der Waals surface area contributed by atoms with Crippen molar-refractivity contribution in [2.45, 2.75) is 32.4 Å². The van der Waals surface area contributed by atoms with E-state index in [1.807, 2.05) is 26.1 Å². The molecule has 7 nitrogen and oxygen atoms in total. The molecule has 3 amide bonds. The Labute approximate surface area is 183 Å². The molecular weight excluding hydrogens is 411 g/mol. The van der Waals surface area contributed by atoms with E-state index in [-0.39, 0.29) is 30.6 Å². The molecule has 2 aliphatic heterocycles. The minimum absolute atomic E-state index is 0.210. The molecule has 162 valence electrons. The fraction of sp³-hybridized carbons (Fsp3) is 0.250. The lowest BCUT2D eigenvalue weighted by molar-refractivity contribution is -0.136. The van der Waals surface area contributed by atoms with Crippen LogP contribution in [0.1, 0.15) is 34.3 Å². The lowest BCUT2D eigenvalue weighted by Gasteiger charge is -2.29. The van der Waals surface area contributed by atoms with Gasteiger partial charge in [0.25, 0.3) is 5.91 Å². The Kier molecular flexibility index (Phi) is 4.65. The van der Waals surface area contributed by atoms with E-state index in [1.54, 1.807) is 29.1 Å². The third kappa shape index (κ3) is 3.19. The quantitative estimate of drug-likeness (QED) is 0.645. The number of imidazole rings is 1. The van der Waals surface area contributed by atoms with Crippen molar-refractivity contribution in [3.8, 4) is 22.5 Å². The van der Waals surface area contributed by atoms with E-state index in [0.717, 1.165) is 16.7 Å². The van der Waals surface area contributed by atoms with Crippen LogP contribution in [0.4, 0.5) is 4.39 Å². The molecular formula is C24H21FN4O3. The summed E-state index contributed by atoms with van der Waals surface area (Å²) in [4.78, 5) is 42.7. The van der Waals surface area contributed by atoms with Crippen molar-refractivity contribution in [2.24, 2.45) is 7.05 Å². The first-order valence-corrected chi connectivity index (χ1v) is 10.4. The molecule has 3 aromatic rings. The minimum Gasteiger partial charge on any atom is -0.333 e. The highest BCUT2D eigenvalue weighted by molar-refractivity contribution is 6.05. The monoisotopic (exact) mass is 432 g/mol. The molecule has 5 rings (SSSR count). The number of benzene rings is 2. The van der Waals surface area contributed by atoms with E-state index in [9.17, 15) is 18.8 Å². The molecule has 8 heteroatoms. The van der Waals surface area contributed by atoms with Crippen LogP contribution in [-0.4, -0.2) is 38.2 Å². The molecule has 1 unspecified atom stereocenters. The molecule has 1 aromatic heterocycles. The number of carbonyl (C=O) groups is 3. The molecule has 1 fully saturated rings. The van der Waals surface area contributed by atoms with Crippen molar-refractivity contribution >= 4 is 17.7 Å². The van der Waals surface area contributed by atoms with Crippen molar-refractivity contribution < 1.29 is 18.8 Å². The Morgan fingerprint density at radius 3 is 2.62 bits per heavy atom. The van der Waals surface area contributed by atoms with Gasteiger partial charge >= 0.3 is 0 Å². The van der Waals surface area contributed by atoms with E-state index in [1.165, 1.54) is 11.0 Å². The van der Waals surface area contributed by atoms with Crippen LogP contribution in [0.2, 0.25) is 0 Å². The van der Waals surface area contributed by atoms with Crippen molar-refractivity contribution in [3.05, 3.63) is 65.2 Å². The molecule has 0 radical (unpaired) electrons. The second-order valence-corrected chi connectivity index (χ2v) is 8.31. The summed E-state index contributed by atoms with van der Waals surface area (Å²) < 4.78 is 16.5. The molecule has 1 N–H and O–H groups in total. The van der Waals surface area contributed by atoms with Crippen LogP contribution >= 0.6 is 0 Å². The van der Waals surface area contributed by atoms with Gasteiger partial charge in [0.2, 0.25) is 11.8 Å². The molecule has 1 saturated heterocycles. The van der Waals surface area contributed by atoms with Gasteiger partial charge in [0.15, 0.2) is 0 Å². The number of rotatable bonds is 3. The topological polar surface area (TPSA) is 84.3 Å². The average Bonchev–Trinajstić information content (AvgIpc) is 3.28. The molecule has 0 saturated carbocycles. The summed E-state index contributed by atoms with van der Waals surface area (Å²) >= 11 is 0. The molecule has 32 heavy (non-hydrogen) atoms. The third-order valence-electron chi connectivity index (χ3n) is 6.11. The summed E-state index contributed by atoms with van der Waals surface area (Å²) in [6.07, 6.45) is 2.16. The predicted octanol–water partition coefficient (Wildman–Crippen LogP) is 2.96. The number of amides is 3. The molecule has 3 heterocycles. The van der Waals surface area contributed by atoms with Gasteiger partial charge < -0.3 is 9.47 Å². The number of fused-ring (bicyclic) bond motifs is 1. The van der Waals surface area contributed by atoms with E-state index >= 15 is 0 Å². The SMILES string of the molecule is Cc1ccc(-c2c(-c3ccc4c(c3)CN(C3CCC(=O)NC3=O)C4=O)ncn2C)c(F)c1. The number of hydrogen-bond donors (Lipinski definition) is 1. The summed E-state index contributed by atoms with van der Waals surface area (Å²) in [5, 5.41) is 2.31. The summed E-state index contributed by atoms with van der Waals surface area (Å²) in [6, 6.07) is 9.82. The second-order valence-electron chi connectivity index (χ2n) is 8.31. The van der Waals surface area contributed by atoms with E-state index in [4.69, 9.17) is 0 Å². The average molecular weight is 432 g/mol. The van der Waals surface area contributed by atoms with Crippen LogP contribution < -0.4 is 5.32 Å². The first-order valence-electron chi connectivity index (χ1n) is 10.4. The zero-order valence-electron chi connectivity index (χ0n) is 17.7. The van der Waals surface area contributed by atoms with Gasteiger partial charge in [-0.15, -0.1) is 0 Å². The first kappa shape index (κ1) is 20.1. The Bertz CT molecular complexity index is 1300. The molecule has 1 atom stereocenters. The van der Waals surface area contributed by atoms with E-state index in [0.29, 0.717) is 28.9 Å². The zero-order valence-corrected chi connectivity index (χ0v) is 17.7. The van der Waals surface area contributed by atoms with Crippen LogP contribution in [0, 0.1) is 12.7 Å². The number of aromatic nitrogens is 2. The van der Waals surface area contributed by atoms with E-state index in [2.05, 4.69) is 10.3 Å².